The number of hydrogen-bond donors (Lipinski definition) is 3. The number of nitrogens with zero attached hydrogens (tertiary/aromatic N) is 1. The monoisotopic (exact) mass is 434 g/mol. The lowest BCUT2D eigenvalue weighted by atomic mass is 10.0. The Morgan fingerprint density at radius 3 is 2.25 bits per heavy atom. The smallest absolute Gasteiger partial charge is 0.237 e. The van der Waals surface area contributed by atoms with E-state index in [2.05, 4.69) is 0 Å². The summed E-state index contributed by atoms with van der Waals surface area (Å²) in [6.45, 7) is -0.321. The minimum Gasteiger partial charge on any atom is -0.457 e. The van der Waals surface area contributed by atoms with Crippen LogP contribution in [0.25, 0.3) is 22.0 Å². The quantitative estimate of drug-likeness (QED) is 0.395. The third kappa shape index (κ3) is 4.80. The number of primary amides is 1. The summed E-state index contributed by atoms with van der Waals surface area (Å²) < 4.78 is 20.5. The molecule has 1 aromatic heterocycles. The van der Waals surface area contributed by atoms with Gasteiger partial charge in [0.2, 0.25) is 5.91 Å². The van der Waals surface area contributed by atoms with Crippen LogP contribution in [0.2, 0.25) is 0 Å². The molecule has 32 heavy (non-hydrogen) atoms. The maximum atomic E-state index is 13.1. The van der Waals surface area contributed by atoms with Crippen molar-refractivity contribution in [3.8, 4) is 22.6 Å². The van der Waals surface area contributed by atoms with Crippen molar-refractivity contribution in [2.24, 2.45) is 5.73 Å². The van der Waals surface area contributed by atoms with Gasteiger partial charge in [0.25, 0.3) is 0 Å². The summed E-state index contributed by atoms with van der Waals surface area (Å²) in [5.41, 5.74) is 8.91. The Kier molecular flexibility index (Phi) is 6.20. The summed E-state index contributed by atoms with van der Waals surface area (Å²) in [4.78, 5) is 11.4. The van der Waals surface area contributed by atoms with Gasteiger partial charge in [-0.05, 0) is 65.2 Å². The van der Waals surface area contributed by atoms with Crippen molar-refractivity contribution in [2.75, 3.05) is 6.61 Å². The number of ether oxygens (including phenoxy) is 1. The van der Waals surface area contributed by atoms with Gasteiger partial charge in [0, 0.05) is 23.5 Å². The number of aliphatic hydroxyl groups is 2. The van der Waals surface area contributed by atoms with E-state index in [4.69, 9.17) is 10.5 Å². The van der Waals surface area contributed by atoms with Gasteiger partial charge in [-0.3, -0.25) is 4.79 Å². The minimum atomic E-state index is -0.894. The van der Waals surface area contributed by atoms with Crippen molar-refractivity contribution in [3.63, 3.8) is 0 Å². The number of amides is 1. The normalized spacial score (nSPS) is 12.1. The fourth-order valence-electron chi connectivity index (χ4n) is 3.68. The van der Waals surface area contributed by atoms with Crippen LogP contribution in [-0.4, -0.2) is 33.4 Å². The summed E-state index contributed by atoms with van der Waals surface area (Å²) in [6, 6.07) is 19.2. The van der Waals surface area contributed by atoms with Crippen molar-refractivity contribution in [1.82, 2.24) is 4.57 Å². The number of nitrogens with two attached hydrogens (primary N) is 1. The van der Waals surface area contributed by atoms with Crippen LogP contribution in [0.1, 0.15) is 5.56 Å². The Balaban J connectivity index is 1.64. The van der Waals surface area contributed by atoms with Gasteiger partial charge in [-0.2, -0.15) is 0 Å². The minimum absolute atomic E-state index is 0.0283. The number of rotatable bonds is 8. The third-order valence-corrected chi connectivity index (χ3v) is 5.19. The fraction of sp³-hybridized carbons (Fsp3) is 0.160. The lowest BCUT2D eigenvalue weighted by Crippen LogP contribution is -2.18. The van der Waals surface area contributed by atoms with Gasteiger partial charge in [0.1, 0.15) is 23.9 Å². The molecule has 0 unspecified atom stereocenters. The number of aromatic nitrogens is 1. The number of fused-ring (bicyclic) bond motifs is 1. The van der Waals surface area contributed by atoms with Gasteiger partial charge in [-0.15, -0.1) is 0 Å². The van der Waals surface area contributed by atoms with Gasteiger partial charge < -0.3 is 25.3 Å². The molecule has 4 N–H and O–H groups in total. The first kappa shape index (κ1) is 21.5. The molecule has 0 saturated heterocycles. The molecule has 0 spiro atoms. The Morgan fingerprint density at radius 1 is 1.00 bits per heavy atom. The van der Waals surface area contributed by atoms with Gasteiger partial charge in [0.15, 0.2) is 0 Å². The van der Waals surface area contributed by atoms with E-state index in [1.54, 1.807) is 22.9 Å². The molecule has 3 aromatic carbocycles. The lowest BCUT2D eigenvalue weighted by Gasteiger charge is -2.09. The summed E-state index contributed by atoms with van der Waals surface area (Å²) in [6.07, 6.45) is 1.15. The molecule has 1 atom stereocenters. The highest BCUT2D eigenvalue weighted by molar-refractivity contribution is 5.90. The zero-order chi connectivity index (χ0) is 22.7. The van der Waals surface area contributed by atoms with Crippen molar-refractivity contribution in [3.05, 3.63) is 84.3 Å². The maximum absolute atomic E-state index is 13.1. The first-order chi connectivity index (χ1) is 15.4. The molecule has 0 fully saturated rings. The number of carbonyl (C=O) groups excluding carboxylic acids is 1. The van der Waals surface area contributed by atoms with E-state index in [9.17, 15) is 19.4 Å². The van der Waals surface area contributed by atoms with Crippen LogP contribution >= 0.6 is 0 Å². The Bertz CT molecular complexity index is 1230. The second-order valence-corrected chi connectivity index (χ2v) is 7.60. The van der Waals surface area contributed by atoms with Gasteiger partial charge >= 0.3 is 0 Å². The maximum Gasteiger partial charge on any atom is 0.237 e. The highest BCUT2D eigenvalue weighted by Crippen LogP contribution is 2.31. The molecule has 0 radical (unpaired) electrons. The molecular weight excluding hydrogens is 411 g/mol. The van der Waals surface area contributed by atoms with Crippen LogP contribution in [0.5, 0.6) is 11.5 Å². The summed E-state index contributed by atoms with van der Waals surface area (Å²) in [7, 11) is 0. The van der Waals surface area contributed by atoms with Gasteiger partial charge in [-0.1, -0.05) is 18.2 Å². The van der Waals surface area contributed by atoms with Crippen LogP contribution < -0.4 is 10.5 Å². The number of carbonyl (C=O) groups is 1. The second kappa shape index (κ2) is 9.21. The molecule has 0 aliphatic heterocycles. The molecular formula is C25H23FN2O4. The van der Waals surface area contributed by atoms with Crippen LogP contribution in [0.15, 0.2) is 72.9 Å². The number of hydrogen-bond acceptors (Lipinski definition) is 4. The van der Waals surface area contributed by atoms with Crippen LogP contribution in [-0.2, 0) is 17.8 Å². The largest absolute Gasteiger partial charge is 0.457 e. The Morgan fingerprint density at radius 2 is 1.62 bits per heavy atom. The second-order valence-electron chi connectivity index (χ2n) is 7.60. The SMILES string of the molecule is NC(=O)Cn1cc(C[C@H](O)CO)c2cc(-c3ccc(Oc4ccc(F)cc4)cc3)ccc21. The molecule has 4 rings (SSSR count). The number of aliphatic hydroxyl groups excluding tert-OH is 2. The third-order valence-electron chi connectivity index (χ3n) is 5.19. The first-order valence-electron chi connectivity index (χ1n) is 10.2. The average molecular weight is 434 g/mol. The lowest BCUT2D eigenvalue weighted by molar-refractivity contribution is -0.118. The zero-order valence-corrected chi connectivity index (χ0v) is 17.2. The van der Waals surface area contributed by atoms with E-state index in [1.807, 2.05) is 42.5 Å². The molecule has 1 amide bonds. The van der Waals surface area contributed by atoms with Crippen LogP contribution in [0, 0.1) is 5.82 Å². The molecule has 7 heteroatoms. The van der Waals surface area contributed by atoms with E-state index >= 15 is 0 Å². The molecule has 0 saturated carbocycles. The predicted octanol–water partition coefficient (Wildman–Crippen LogP) is 3.62. The highest BCUT2D eigenvalue weighted by atomic mass is 19.1. The fourth-order valence-corrected chi connectivity index (χ4v) is 3.68. The first-order valence-corrected chi connectivity index (χ1v) is 10.2. The van der Waals surface area contributed by atoms with Crippen LogP contribution in [0.4, 0.5) is 4.39 Å². The Labute approximate surface area is 184 Å². The summed E-state index contributed by atoms with van der Waals surface area (Å²) in [5.74, 6) is 0.389. The zero-order valence-electron chi connectivity index (χ0n) is 17.2. The topological polar surface area (TPSA) is 97.7 Å². The van der Waals surface area contributed by atoms with Crippen molar-refractivity contribution < 1.29 is 24.1 Å². The van der Waals surface area contributed by atoms with E-state index in [0.717, 1.165) is 27.6 Å². The van der Waals surface area contributed by atoms with Gasteiger partial charge in [0.05, 0.1) is 12.7 Å². The molecule has 6 nitrogen and oxygen atoms in total. The molecule has 164 valence electrons. The number of benzene rings is 3. The molecule has 0 aliphatic rings. The van der Waals surface area contributed by atoms with Gasteiger partial charge in [-0.25, -0.2) is 4.39 Å². The predicted molar refractivity (Wildman–Crippen MR) is 120 cm³/mol. The summed E-state index contributed by atoms with van der Waals surface area (Å²) >= 11 is 0. The van der Waals surface area contributed by atoms with Crippen molar-refractivity contribution >= 4 is 16.8 Å². The molecule has 0 aliphatic carbocycles. The highest BCUT2D eigenvalue weighted by Gasteiger charge is 2.14. The van der Waals surface area contributed by atoms with E-state index in [-0.39, 0.29) is 25.4 Å². The molecule has 1 heterocycles. The van der Waals surface area contributed by atoms with Crippen LogP contribution in [0.3, 0.4) is 0 Å². The van der Waals surface area contributed by atoms with E-state index in [1.165, 1.54) is 12.1 Å². The standard InChI is InChI=1S/C25H23FN2O4/c26-19-4-8-22(9-5-19)32-21-6-1-16(2-7-21)17-3-10-24-23(12-17)18(11-20(30)15-29)13-28(24)14-25(27)31/h1-10,12-13,20,29-30H,11,14-15H2,(H2,27,31)/t20-/m0/s1. The Hall–Kier alpha value is -3.68. The summed E-state index contributed by atoms with van der Waals surface area (Å²) in [5, 5.41) is 20.0. The van der Waals surface area contributed by atoms with Crippen molar-refractivity contribution in [1.29, 1.82) is 0 Å². The average Bonchev–Trinajstić information content (AvgIpc) is 3.11. The molecule has 0 bridgehead atoms. The van der Waals surface area contributed by atoms with Crippen molar-refractivity contribution in [2.45, 2.75) is 19.1 Å². The number of halogens is 1. The molecule has 4 aromatic rings. The van der Waals surface area contributed by atoms with E-state index < -0.39 is 12.0 Å². The van der Waals surface area contributed by atoms with E-state index in [0.29, 0.717) is 11.5 Å².